The van der Waals surface area contributed by atoms with Gasteiger partial charge in [0.25, 0.3) is 10.2 Å². The number of hydrogen-bond acceptors (Lipinski definition) is 2. The molecule has 1 atom stereocenters. The molecule has 4 nitrogen and oxygen atoms in total. The number of rotatable bonds is 2. The van der Waals surface area contributed by atoms with Crippen molar-refractivity contribution in [1.82, 2.24) is 4.31 Å². The van der Waals surface area contributed by atoms with E-state index >= 15 is 0 Å². The van der Waals surface area contributed by atoms with Gasteiger partial charge in [-0.25, -0.2) is 13.9 Å². The maximum atomic E-state index is 14.5. The maximum Gasteiger partial charge on any atom is 0.277 e. The van der Waals surface area contributed by atoms with Gasteiger partial charge in [0.1, 0.15) is 5.82 Å². The Balaban J connectivity index is 2.32. The minimum absolute atomic E-state index is 0.0380. The molecule has 1 unspecified atom stereocenters. The quantitative estimate of drug-likeness (QED) is 0.860. The Hall–Kier alpha value is -1.05. The van der Waals surface area contributed by atoms with Crippen LogP contribution in [0.25, 0.3) is 0 Å². The summed E-state index contributed by atoms with van der Waals surface area (Å²) in [7, 11) is -3.92. The van der Waals surface area contributed by atoms with E-state index in [0.717, 1.165) is 10.4 Å². The third-order valence-electron chi connectivity index (χ3n) is 2.90. The average molecular weight is 262 g/mol. The first kappa shape index (κ1) is 12.4. The third-order valence-corrected chi connectivity index (χ3v) is 3.93. The van der Waals surface area contributed by atoms with Crippen molar-refractivity contribution in [2.75, 3.05) is 13.1 Å². The zero-order valence-electron chi connectivity index (χ0n) is 8.94. The van der Waals surface area contributed by atoms with Crippen molar-refractivity contribution in [3.05, 3.63) is 35.6 Å². The molecular weight excluding hydrogens is 250 g/mol. The van der Waals surface area contributed by atoms with Gasteiger partial charge in [-0.2, -0.15) is 12.7 Å². The molecular formula is C10H12F2N2O2S. The zero-order chi connectivity index (χ0) is 12.7. The van der Waals surface area contributed by atoms with Gasteiger partial charge in [-0.3, -0.25) is 0 Å². The molecule has 1 aliphatic rings. The Morgan fingerprint density at radius 1 is 1.35 bits per heavy atom. The van der Waals surface area contributed by atoms with E-state index in [9.17, 15) is 17.2 Å². The highest BCUT2D eigenvalue weighted by molar-refractivity contribution is 7.86. The second kappa shape index (κ2) is 4.01. The number of benzene rings is 1. The van der Waals surface area contributed by atoms with Gasteiger partial charge < -0.3 is 0 Å². The fourth-order valence-electron chi connectivity index (χ4n) is 2.00. The Bertz CT molecular complexity index is 535. The van der Waals surface area contributed by atoms with E-state index in [0.29, 0.717) is 0 Å². The summed E-state index contributed by atoms with van der Waals surface area (Å²) >= 11 is 0. The summed E-state index contributed by atoms with van der Waals surface area (Å²) in [5.41, 5.74) is -2.12. The van der Waals surface area contributed by atoms with Crippen LogP contribution < -0.4 is 5.14 Å². The van der Waals surface area contributed by atoms with Crippen LogP contribution in [0, 0.1) is 5.82 Å². The fourth-order valence-corrected chi connectivity index (χ4v) is 2.73. The highest BCUT2D eigenvalue weighted by Crippen LogP contribution is 2.37. The summed E-state index contributed by atoms with van der Waals surface area (Å²) in [5.74, 6) is -0.675. The van der Waals surface area contributed by atoms with Crippen LogP contribution in [0.5, 0.6) is 0 Å². The van der Waals surface area contributed by atoms with Gasteiger partial charge in [0.05, 0.1) is 6.54 Å². The lowest BCUT2D eigenvalue weighted by molar-refractivity contribution is 0.177. The van der Waals surface area contributed by atoms with Crippen LogP contribution in [0.1, 0.15) is 12.0 Å². The molecule has 0 radical (unpaired) electrons. The van der Waals surface area contributed by atoms with Gasteiger partial charge in [0.2, 0.25) is 0 Å². The lowest BCUT2D eigenvalue weighted by atomic mass is 9.94. The molecule has 1 saturated heterocycles. The van der Waals surface area contributed by atoms with E-state index in [2.05, 4.69) is 0 Å². The van der Waals surface area contributed by atoms with Crippen molar-refractivity contribution < 1.29 is 17.2 Å². The number of nitrogens with two attached hydrogens (primary N) is 1. The van der Waals surface area contributed by atoms with E-state index in [1.807, 2.05) is 0 Å². The lowest BCUT2D eigenvalue weighted by Gasteiger charge is -2.20. The van der Waals surface area contributed by atoms with Gasteiger partial charge in [-0.05, 0) is 6.07 Å². The minimum atomic E-state index is -3.92. The van der Waals surface area contributed by atoms with Crippen LogP contribution in [-0.2, 0) is 15.9 Å². The SMILES string of the molecule is NS(=O)(=O)N1CCC(F)(c2ccccc2F)C1. The predicted molar refractivity (Wildman–Crippen MR) is 58.5 cm³/mol. The van der Waals surface area contributed by atoms with Crippen molar-refractivity contribution in [3.63, 3.8) is 0 Å². The highest BCUT2D eigenvalue weighted by Gasteiger charge is 2.44. The van der Waals surface area contributed by atoms with Crippen LogP contribution in [0.2, 0.25) is 0 Å². The smallest absolute Gasteiger partial charge is 0.237 e. The van der Waals surface area contributed by atoms with E-state index in [1.165, 1.54) is 18.2 Å². The molecule has 1 aromatic rings. The van der Waals surface area contributed by atoms with Gasteiger partial charge in [-0.1, -0.05) is 18.2 Å². The number of nitrogens with zero attached hydrogens (tertiary/aromatic N) is 1. The summed E-state index contributed by atoms with van der Waals surface area (Å²) in [6.45, 7) is -0.476. The topological polar surface area (TPSA) is 63.4 Å². The highest BCUT2D eigenvalue weighted by atomic mass is 32.2. The van der Waals surface area contributed by atoms with E-state index in [-0.39, 0.29) is 18.5 Å². The van der Waals surface area contributed by atoms with Gasteiger partial charge in [-0.15, -0.1) is 0 Å². The maximum absolute atomic E-state index is 14.5. The summed E-state index contributed by atoms with van der Waals surface area (Å²) in [4.78, 5) is 0. The van der Waals surface area contributed by atoms with Crippen LogP contribution in [0.15, 0.2) is 24.3 Å². The van der Waals surface area contributed by atoms with Crippen LogP contribution in [0.3, 0.4) is 0 Å². The summed E-state index contributed by atoms with van der Waals surface area (Å²) in [6, 6.07) is 5.44. The predicted octanol–water partition coefficient (Wildman–Crippen LogP) is 0.900. The van der Waals surface area contributed by atoms with E-state index in [4.69, 9.17) is 5.14 Å². The molecule has 1 fully saturated rings. The largest absolute Gasteiger partial charge is 0.277 e. The van der Waals surface area contributed by atoms with Crippen molar-refractivity contribution in [3.8, 4) is 0 Å². The van der Waals surface area contributed by atoms with Crippen molar-refractivity contribution in [1.29, 1.82) is 0 Å². The number of halogens is 2. The normalized spacial score (nSPS) is 26.3. The second-order valence-electron chi connectivity index (χ2n) is 4.07. The van der Waals surface area contributed by atoms with E-state index in [1.54, 1.807) is 0 Å². The van der Waals surface area contributed by atoms with Crippen molar-refractivity contribution >= 4 is 10.2 Å². The molecule has 0 aromatic heterocycles. The first-order valence-corrected chi connectivity index (χ1v) is 6.55. The Labute approximate surface area is 98.2 Å². The van der Waals surface area contributed by atoms with Gasteiger partial charge in [0.15, 0.2) is 5.67 Å². The number of alkyl halides is 1. The fraction of sp³-hybridized carbons (Fsp3) is 0.400. The molecule has 0 saturated carbocycles. The average Bonchev–Trinajstić information content (AvgIpc) is 2.62. The Morgan fingerprint density at radius 2 is 2.00 bits per heavy atom. The first-order chi connectivity index (χ1) is 7.83. The molecule has 2 rings (SSSR count). The Morgan fingerprint density at radius 3 is 2.53 bits per heavy atom. The molecule has 17 heavy (non-hydrogen) atoms. The van der Waals surface area contributed by atoms with Crippen LogP contribution in [0.4, 0.5) is 8.78 Å². The lowest BCUT2D eigenvalue weighted by Crippen LogP contribution is -2.37. The van der Waals surface area contributed by atoms with Crippen molar-refractivity contribution in [2.45, 2.75) is 12.1 Å². The molecule has 1 aromatic carbocycles. The second-order valence-corrected chi connectivity index (χ2v) is 5.62. The molecule has 0 bridgehead atoms. The van der Waals surface area contributed by atoms with Crippen molar-refractivity contribution in [2.24, 2.45) is 5.14 Å². The van der Waals surface area contributed by atoms with Crippen LogP contribution >= 0.6 is 0 Å². The van der Waals surface area contributed by atoms with Crippen LogP contribution in [-0.4, -0.2) is 25.8 Å². The summed E-state index contributed by atoms with van der Waals surface area (Å²) < 4.78 is 50.9. The number of hydrogen-bond donors (Lipinski definition) is 1. The minimum Gasteiger partial charge on any atom is -0.237 e. The molecule has 94 valence electrons. The monoisotopic (exact) mass is 262 g/mol. The zero-order valence-corrected chi connectivity index (χ0v) is 9.75. The van der Waals surface area contributed by atoms with Gasteiger partial charge in [0, 0.05) is 18.5 Å². The molecule has 7 heteroatoms. The summed E-state index contributed by atoms with van der Waals surface area (Å²) in [5, 5.41) is 4.92. The molecule has 1 heterocycles. The third kappa shape index (κ3) is 2.31. The van der Waals surface area contributed by atoms with E-state index < -0.39 is 28.2 Å². The van der Waals surface area contributed by atoms with Gasteiger partial charge >= 0.3 is 0 Å². The molecule has 0 amide bonds. The molecule has 0 spiro atoms. The molecule has 2 N–H and O–H groups in total. The Kier molecular flexibility index (Phi) is 2.92. The molecule has 0 aliphatic carbocycles. The standard InChI is InChI=1S/C10H12F2N2O2S/c11-9-4-2-1-3-8(9)10(12)5-6-14(7-10)17(13,15)16/h1-4H,5-7H2,(H2,13,15,16). The molecule has 1 aliphatic heterocycles. The first-order valence-electron chi connectivity index (χ1n) is 5.05. The summed E-state index contributed by atoms with van der Waals surface area (Å²) in [6.07, 6.45) is -0.0929.